The molecule has 2 aromatic rings. The van der Waals surface area contributed by atoms with Crippen LogP contribution in [0.4, 0.5) is 0 Å². The Hall–Kier alpha value is -2.69. The predicted octanol–water partition coefficient (Wildman–Crippen LogP) is 0.112. The molecule has 1 saturated heterocycles. The maximum Gasteiger partial charge on any atom is 0.259 e. The van der Waals surface area contributed by atoms with Crippen molar-refractivity contribution < 1.29 is 39.4 Å². The van der Waals surface area contributed by atoms with E-state index in [4.69, 9.17) is 14.2 Å². The summed E-state index contributed by atoms with van der Waals surface area (Å²) < 4.78 is 16.5. The van der Waals surface area contributed by atoms with E-state index < -0.39 is 43.2 Å². The van der Waals surface area contributed by atoms with Gasteiger partial charge in [-0.2, -0.15) is 0 Å². The van der Waals surface area contributed by atoms with Gasteiger partial charge in [0.2, 0.25) is 6.29 Å². The van der Waals surface area contributed by atoms with Gasteiger partial charge in [-0.15, -0.1) is 0 Å². The van der Waals surface area contributed by atoms with Gasteiger partial charge < -0.3 is 40.0 Å². The van der Waals surface area contributed by atoms with E-state index in [1.807, 2.05) is 30.3 Å². The van der Waals surface area contributed by atoms with Crippen LogP contribution in [-0.2, 0) is 11.3 Å². The maximum atomic E-state index is 13.0. The quantitative estimate of drug-likeness (QED) is 0.415. The van der Waals surface area contributed by atoms with Gasteiger partial charge >= 0.3 is 0 Å². The Morgan fingerprint density at radius 1 is 1.06 bits per heavy atom. The fraction of sp³-hybridized carbons (Fsp3) is 0.409. The molecule has 3 rings (SSSR count). The van der Waals surface area contributed by atoms with Gasteiger partial charge in [0.15, 0.2) is 0 Å². The highest BCUT2D eigenvalue weighted by molar-refractivity contribution is 5.99. The smallest absolute Gasteiger partial charge is 0.259 e. The van der Waals surface area contributed by atoms with Crippen LogP contribution in [0, 0.1) is 6.92 Å². The molecule has 0 aromatic heterocycles. The molecule has 1 amide bonds. The number of methoxy groups -OCH3 is 1. The average Bonchev–Trinajstić information content (AvgIpc) is 2.78. The SMILES string of the molecule is COc1cc(C)cc(OC2O[C@H](CO)C(O)C(O)C2O)c1C(=O)NCc1ccccc1. The lowest BCUT2D eigenvalue weighted by molar-refractivity contribution is -0.277. The summed E-state index contributed by atoms with van der Waals surface area (Å²) in [6.45, 7) is 1.46. The molecule has 2 aromatic carbocycles. The third-order valence-electron chi connectivity index (χ3n) is 5.04. The second-order valence-electron chi connectivity index (χ2n) is 7.32. The number of carbonyl (C=O) groups is 1. The van der Waals surface area contributed by atoms with Gasteiger partial charge in [-0.3, -0.25) is 4.79 Å². The third kappa shape index (κ3) is 5.15. The van der Waals surface area contributed by atoms with Crippen LogP contribution in [0.25, 0.3) is 0 Å². The number of aliphatic hydroxyl groups is 4. The summed E-state index contributed by atoms with van der Waals surface area (Å²) in [7, 11) is 1.42. The zero-order chi connectivity index (χ0) is 22.5. The Bertz CT molecular complexity index is 889. The van der Waals surface area contributed by atoms with E-state index >= 15 is 0 Å². The number of hydrogen-bond donors (Lipinski definition) is 5. The Kier molecular flexibility index (Phi) is 7.47. The van der Waals surface area contributed by atoms with Crippen molar-refractivity contribution in [2.24, 2.45) is 0 Å². The molecule has 9 heteroatoms. The Balaban J connectivity index is 1.87. The number of amides is 1. The molecular formula is C22H27NO8. The maximum absolute atomic E-state index is 13.0. The number of hydrogen-bond acceptors (Lipinski definition) is 8. The number of nitrogens with one attached hydrogen (secondary N) is 1. The van der Waals surface area contributed by atoms with Crippen molar-refractivity contribution in [3.05, 3.63) is 59.2 Å². The van der Waals surface area contributed by atoms with Crippen LogP contribution in [0.1, 0.15) is 21.5 Å². The van der Waals surface area contributed by atoms with Crippen molar-refractivity contribution >= 4 is 5.91 Å². The number of aliphatic hydroxyl groups excluding tert-OH is 4. The molecule has 5 N–H and O–H groups in total. The third-order valence-corrected chi connectivity index (χ3v) is 5.04. The molecule has 1 fully saturated rings. The van der Waals surface area contributed by atoms with Crippen molar-refractivity contribution in [2.45, 2.75) is 44.2 Å². The minimum Gasteiger partial charge on any atom is -0.496 e. The van der Waals surface area contributed by atoms with E-state index in [1.54, 1.807) is 19.1 Å². The Labute approximate surface area is 179 Å². The number of benzene rings is 2. The van der Waals surface area contributed by atoms with Gasteiger partial charge in [-0.1, -0.05) is 30.3 Å². The van der Waals surface area contributed by atoms with Crippen molar-refractivity contribution in [1.82, 2.24) is 5.32 Å². The standard InChI is InChI=1S/C22H27NO8/c1-12-8-14(29-2)17(21(28)23-10-13-6-4-3-5-7-13)15(9-12)30-22-20(27)19(26)18(25)16(11-24)31-22/h3-9,16,18-20,22,24-27H,10-11H2,1-2H3,(H,23,28)/t16-,18?,19?,20?,22?/m1/s1. The van der Waals surface area contributed by atoms with Crippen molar-refractivity contribution in [1.29, 1.82) is 0 Å². The van der Waals surface area contributed by atoms with Gasteiger partial charge in [0.05, 0.1) is 13.7 Å². The number of rotatable bonds is 7. The first kappa shape index (κ1) is 23.0. The van der Waals surface area contributed by atoms with Gasteiger partial charge in [-0.05, 0) is 30.2 Å². The summed E-state index contributed by atoms with van der Waals surface area (Å²) in [6, 6.07) is 12.6. The summed E-state index contributed by atoms with van der Waals surface area (Å²) >= 11 is 0. The van der Waals surface area contributed by atoms with Crippen LogP contribution in [0.5, 0.6) is 11.5 Å². The van der Waals surface area contributed by atoms with Crippen LogP contribution in [0.3, 0.4) is 0 Å². The molecule has 1 aliphatic rings. The van der Waals surface area contributed by atoms with Crippen LogP contribution in [0.15, 0.2) is 42.5 Å². The molecular weight excluding hydrogens is 406 g/mol. The van der Waals surface area contributed by atoms with Gasteiger partial charge in [0.25, 0.3) is 5.91 Å². The fourth-order valence-corrected chi connectivity index (χ4v) is 3.36. The summed E-state index contributed by atoms with van der Waals surface area (Å²) in [5.41, 5.74) is 1.70. The second kappa shape index (κ2) is 10.1. The first-order chi connectivity index (χ1) is 14.8. The molecule has 5 atom stereocenters. The normalized spacial score (nSPS) is 25.7. The van der Waals surface area contributed by atoms with Gasteiger partial charge in [-0.25, -0.2) is 0 Å². The molecule has 0 bridgehead atoms. The molecule has 0 aliphatic carbocycles. The summed E-state index contributed by atoms with van der Waals surface area (Å²) in [6.07, 6.45) is -7.28. The van der Waals surface area contributed by atoms with E-state index in [1.165, 1.54) is 7.11 Å². The molecule has 0 spiro atoms. The lowest BCUT2D eigenvalue weighted by Crippen LogP contribution is -2.60. The van der Waals surface area contributed by atoms with E-state index in [-0.39, 0.29) is 23.6 Å². The van der Waals surface area contributed by atoms with E-state index in [0.29, 0.717) is 0 Å². The van der Waals surface area contributed by atoms with Crippen LogP contribution < -0.4 is 14.8 Å². The molecule has 4 unspecified atom stereocenters. The van der Waals surface area contributed by atoms with Gasteiger partial charge in [0, 0.05) is 6.54 Å². The fourth-order valence-electron chi connectivity index (χ4n) is 3.36. The molecule has 0 saturated carbocycles. The number of carbonyl (C=O) groups excluding carboxylic acids is 1. The van der Waals surface area contributed by atoms with Crippen molar-refractivity contribution in [3.8, 4) is 11.5 Å². The Morgan fingerprint density at radius 2 is 1.74 bits per heavy atom. The summed E-state index contributed by atoms with van der Waals surface area (Å²) in [5.74, 6) is -0.155. The first-order valence-corrected chi connectivity index (χ1v) is 9.83. The van der Waals surface area contributed by atoms with E-state index in [0.717, 1.165) is 11.1 Å². The van der Waals surface area contributed by atoms with Gasteiger partial charge in [0.1, 0.15) is 41.5 Å². The molecule has 31 heavy (non-hydrogen) atoms. The largest absolute Gasteiger partial charge is 0.496 e. The highest BCUT2D eigenvalue weighted by atomic mass is 16.7. The minimum absolute atomic E-state index is 0.0618. The van der Waals surface area contributed by atoms with E-state index in [2.05, 4.69) is 5.32 Å². The highest BCUT2D eigenvalue weighted by Crippen LogP contribution is 2.33. The lowest BCUT2D eigenvalue weighted by atomic mass is 9.99. The summed E-state index contributed by atoms with van der Waals surface area (Å²) in [4.78, 5) is 13.0. The molecule has 9 nitrogen and oxygen atoms in total. The van der Waals surface area contributed by atoms with Crippen LogP contribution in [0.2, 0.25) is 0 Å². The zero-order valence-corrected chi connectivity index (χ0v) is 17.3. The zero-order valence-electron chi connectivity index (χ0n) is 17.3. The van der Waals surface area contributed by atoms with Crippen LogP contribution in [-0.4, -0.2) is 70.8 Å². The minimum atomic E-state index is -1.61. The molecule has 1 aliphatic heterocycles. The molecule has 1 heterocycles. The second-order valence-corrected chi connectivity index (χ2v) is 7.32. The molecule has 168 valence electrons. The average molecular weight is 433 g/mol. The predicted molar refractivity (Wildman–Crippen MR) is 110 cm³/mol. The Morgan fingerprint density at radius 3 is 2.39 bits per heavy atom. The van der Waals surface area contributed by atoms with Crippen LogP contribution >= 0.6 is 0 Å². The lowest BCUT2D eigenvalue weighted by Gasteiger charge is -2.39. The first-order valence-electron chi connectivity index (χ1n) is 9.83. The number of ether oxygens (including phenoxy) is 3. The van der Waals surface area contributed by atoms with Crippen molar-refractivity contribution in [3.63, 3.8) is 0 Å². The van der Waals surface area contributed by atoms with E-state index in [9.17, 15) is 25.2 Å². The van der Waals surface area contributed by atoms with Crippen molar-refractivity contribution in [2.75, 3.05) is 13.7 Å². The monoisotopic (exact) mass is 433 g/mol. The molecule has 0 radical (unpaired) electrons. The topological polar surface area (TPSA) is 138 Å². The number of aryl methyl sites for hydroxylation is 1. The summed E-state index contributed by atoms with van der Waals surface area (Å²) in [5, 5.41) is 42.4. The highest BCUT2D eigenvalue weighted by Gasteiger charge is 2.45.